The molecule has 2 aliphatic rings. The third-order valence-corrected chi connectivity index (χ3v) is 4.34. The average molecular weight is 290 g/mol. The summed E-state index contributed by atoms with van der Waals surface area (Å²) in [6.45, 7) is 12.6. The number of nitrogens with zero attached hydrogens (tertiary/aromatic N) is 2. The Morgan fingerprint density at radius 3 is 2.29 bits per heavy atom. The number of fused-ring (bicyclic) bond motifs is 1. The molecule has 0 amide bonds. The molecule has 0 atom stereocenters. The smallest absolute Gasteiger partial charge is 0.0448 e. The fourth-order valence-corrected chi connectivity index (χ4v) is 3.36. The topological polar surface area (TPSA) is 16.1 Å². The molecule has 1 aromatic rings. The van der Waals surface area contributed by atoms with E-state index < -0.39 is 0 Å². The van der Waals surface area contributed by atoms with Crippen LogP contribution in [0.25, 0.3) is 0 Å². The minimum atomic E-state index is 0.866. The number of aryl methyl sites for hydroxylation is 1. The molecule has 0 unspecified atom stereocenters. The van der Waals surface area contributed by atoms with E-state index in [9.17, 15) is 0 Å². The summed E-state index contributed by atoms with van der Waals surface area (Å²) in [5, 5.41) is 0. The van der Waals surface area contributed by atoms with E-state index in [4.69, 9.17) is 0 Å². The highest BCUT2D eigenvalue weighted by molar-refractivity contribution is 5.26. The molecule has 2 nitrogen and oxygen atoms in total. The molecule has 0 aromatic carbocycles. The number of pyridine rings is 1. The summed E-state index contributed by atoms with van der Waals surface area (Å²) in [4.78, 5) is 7.33. The van der Waals surface area contributed by atoms with E-state index in [1.54, 1.807) is 0 Å². The van der Waals surface area contributed by atoms with Crippen LogP contribution in [0.2, 0.25) is 0 Å². The van der Waals surface area contributed by atoms with Gasteiger partial charge in [0.2, 0.25) is 0 Å². The molecular weight excluding hydrogens is 256 g/mol. The van der Waals surface area contributed by atoms with Crippen molar-refractivity contribution in [1.82, 2.24) is 9.88 Å². The highest BCUT2D eigenvalue weighted by atomic mass is 15.2. The first-order valence-corrected chi connectivity index (χ1v) is 9.01. The molecule has 2 heteroatoms. The Morgan fingerprint density at radius 1 is 1.00 bits per heavy atom. The average Bonchev–Trinajstić information content (AvgIpc) is 2.99. The number of rotatable bonds is 1. The SMILES string of the molecule is CC.CC.Cc1cnc2c(c1)CCN(C1CCCC1)CC2. The summed E-state index contributed by atoms with van der Waals surface area (Å²) in [7, 11) is 0. The molecule has 1 saturated carbocycles. The van der Waals surface area contributed by atoms with Crippen molar-refractivity contribution in [3.8, 4) is 0 Å². The van der Waals surface area contributed by atoms with Crippen LogP contribution in [0.4, 0.5) is 0 Å². The van der Waals surface area contributed by atoms with Crippen molar-refractivity contribution in [3.63, 3.8) is 0 Å². The lowest BCUT2D eigenvalue weighted by atomic mass is 10.1. The zero-order valence-electron chi connectivity index (χ0n) is 14.8. The molecule has 0 spiro atoms. The third kappa shape index (κ3) is 5.10. The van der Waals surface area contributed by atoms with Crippen LogP contribution in [0.1, 0.15) is 70.2 Å². The van der Waals surface area contributed by atoms with Crippen LogP contribution in [0, 0.1) is 6.92 Å². The van der Waals surface area contributed by atoms with Crippen molar-refractivity contribution in [2.45, 2.75) is 79.2 Å². The largest absolute Gasteiger partial charge is 0.300 e. The number of hydrogen-bond acceptors (Lipinski definition) is 2. The third-order valence-electron chi connectivity index (χ3n) is 4.34. The van der Waals surface area contributed by atoms with Gasteiger partial charge in [-0.25, -0.2) is 0 Å². The molecule has 3 rings (SSSR count). The van der Waals surface area contributed by atoms with E-state index in [0.717, 1.165) is 12.5 Å². The Hall–Kier alpha value is -0.890. The first-order chi connectivity index (χ1) is 10.3. The van der Waals surface area contributed by atoms with E-state index in [1.165, 1.54) is 62.0 Å². The Kier molecular flexibility index (Phi) is 8.60. The van der Waals surface area contributed by atoms with E-state index >= 15 is 0 Å². The van der Waals surface area contributed by atoms with E-state index in [1.807, 2.05) is 33.9 Å². The van der Waals surface area contributed by atoms with Crippen LogP contribution in [-0.2, 0) is 12.8 Å². The van der Waals surface area contributed by atoms with Crippen LogP contribution >= 0.6 is 0 Å². The Morgan fingerprint density at radius 2 is 1.62 bits per heavy atom. The van der Waals surface area contributed by atoms with Crippen LogP contribution in [0.5, 0.6) is 0 Å². The zero-order chi connectivity index (χ0) is 15.7. The van der Waals surface area contributed by atoms with Gasteiger partial charge in [0.15, 0.2) is 0 Å². The standard InChI is InChI=1S/C15H22N2.2C2H6/c1-12-10-13-6-8-17(14-4-2-3-5-14)9-7-15(13)16-11-12;2*1-2/h10-11,14H,2-9H2,1H3;2*1-2H3. The van der Waals surface area contributed by atoms with Crippen molar-refractivity contribution in [2.24, 2.45) is 0 Å². The van der Waals surface area contributed by atoms with Gasteiger partial charge in [0, 0.05) is 37.4 Å². The van der Waals surface area contributed by atoms with Gasteiger partial charge in [-0.3, -0.25) is 9.88 Å². The molecule has 1 aromatic heterocycles. The maximum atomic E-state index is 4.61. The second-order valence-electron chi connectivity index (χ2n) is 5.59. The molecule has 0 saturated heterocycles. The van der Waals surface area contributed by atoms with Gasteiger partial charge in [-0.2, -0.15) is 0 Å². The van der Waals surface area contributed by atoms with Crippen molar-refractivity contribution >= 4 is 0 Å². The second-order valence-corrected chi connectivity index (χ2v) is 5.59. The molecule has 1 aliphatic carbocycles. The fourth-order valence-electron chi connectivity index (χ4n) is 3.36. The van der Waals surface area contributed by atoms with E-state index in [-0.39, 0.29) is 0 Å². The summed E-state index contributed by atoms with van der Waals surface area (Å²) < 4.78 is 0. The van der Waals surface area contributed by atoms with Gasteiger partial charge in [-0.15, -0.1) is 0 Å². The van der Waals surface area contributed by atoms with Crippen LogP contribution in [0.15, 0.2) is 12.3 Å². The minimum absolute atomic E-state index is 0.866. The maximum absolute atomic E-state index is 4.61. The normalized spacial score (nSPS) is 18.7. The highest BCUT2D eigenvalue weighted by Crippen LogP contribution is 2.25. The number of hydrogen-bond donors (Lipinski definition) is 0. The highest BCUT2D eigenvalue weighted by Gasteiger charge is 2.24. The molecule has 1 aliphatic heterocycles. The van der Waals surface area contributed by atoms with Crippen LogP contribution in [0.3, 0.4) is 0 Å². The van der Waals surface area contributed by atoms with Crippen molar-refractivity contribution in [2.75, 3.05) is 13.1 Å². The van der Waals surface area contributed by atoms with Gasteiger partial charge in [0.05, 0.1) is 0 Å². The van der Waals surface area contributed by atoms with Crippen molar-refractivity contribution in [3.05, 3.63) is 29.1 Å². The van der Waals surface area contributed by atoms with E-state index in [2.05, 4.69) is 22.9 Å². The summed E-state index contributed by atoms with van der Waals surface area (Å²) >= 11 is 0. The Balaban J connectivity index is 0.000000510. The van der Waals surface area contributed by atoms with Gasteiger partial charge in [0.1, 0.15) is 0 Å². The quantitative estimate of drug-likeness (QED) is 0.739. The molecular formula is C19H34N2. The lowest BCUT2D eigenvalue weighted by molar-refractivity contribution is 0.208. The number of aromatic nitrogens is 1. The molecule has 2 heterocycles. The van der Waals surface area contributed by atoms with Gasteiger partial charge in [-0.1, -0.05) is 46.6 Å². The molecule has 21 heavy (non-hydrogen) atoms. The lowest BCUT2D eigenvalue weighted by Crippen LogP contribution is -2.35. The van der Waals surface area contributed by atoms with E-state index in [0.29, 0.717) is 0 Å². The van der Waals surface area contributed by atoms with Crippen molar-refractivity contribution in [1.29, 1.82) is 0 Å². The monoisotopic (exact) mass is 290 g/mol. The first-order valence-electron chi connectivity index (χ1n) is 9.01. The maximum Gasteiger partial charge on any atom is 0.0448 e. The summed E-state index contributed by atoms with van der Waals surface area (Å²) in [5.74, 6) is 0. The molecule has 120 valence electrons. The van der Waals surface area contributed by atoms with Crippen molar-refractivity contribution < 1.29 is 0 Å². The minimum Gasteiger partial charge on any atom is -0.300 e. The summed E-state index contributed by atoms with van der Waals surface area (Å²) in [6, 6.07) is 3.20. The van der Waals surface area contributed by atoms with Gasteiger partial charge in [-0.05, 0) is 37.3 Å². The van der Waals surface area contributed by atoms with Gasteiger partial charge in [0.25, 0.3) is 0 Å². The fraction of sp³-hybridized carbons (Fsp3) is 0.737. The van der Waals surface area contributed by atoms with Crippen LogP contribution < -0.4 is 0 Å². The van der Waals surface area contributed by atoms with Gasteiger partial charge >= 0.3 is 0 Å². The predicted molar refractivity (Wildman–Crippen MR) is 92.9 cm³/mol. The zero-order valence-corrected chi connectivity index (χ0v) is 14.8. The molecule has 0 radical (unpaired) electrons. The second kappa shape index (κ2) is 9.94. The van der Waals surface area contributed by atoms with Gasteiger partial charge < -0.3 is 0 Å². The predicted octanol–water partition coefficient (Wildman–Crippen LogP) is 4.79. The van der Waals surface area contributed by atoms with Crippen LogP contribution in [-0.4, -0.2) is 29.0 Å². The summed E-state index contributed by atoms with van der Waals surface area (Å²) in [6.07, 6.45) is 10.1. The molecule has 0 bridgehead atoms. The lowest BCUT2D eigenvalue weighted by Gasteiger charge is -2.26. The molecule has 0 N–H and O–H groups in total. The Bertz CT molecular complexity index is 395. The first kappa shape index (κ1) is 18.2. The summed E-state index contributed by atoms with van der Waals surface area (Å²) in [5.41, 5.74) is 4.14. The molecule has 1 fully saturated rings. The Labute approximate surface area is 132 Å².